The predicted molar refractivity (Wildman–Crippen MR) is 79.2 cm³/mol. The van der Waals surface area contributed by atoms with E-state index >= 15 is 0 Å². The molecule has 0 bridgehead atoms. The van der Waals surface area contributed by atoms with Crippen molar-refractivity contribution in [3.8, 4) is 0 Å². The first-order chi connectivity index (χ1) is 9.93. The van der Waals surface area contributed by atoms with E-state index in [2.05, 4.69) is 5.32 Å². The van der Waals surface area contributed by atoms with E-state index in [4.69, 9.17) is 11.6 Å². The fourth-order valence-electron chi connectivity index (χ4n) is 2.52. The molecule has 0 radical (unpaired) electrons. The summed E-state index contributed by atoms with van der Waals surface area (Å²) in [6.07, 6.45) is 0.539. The van der Waals surface area contributed by atoms with Crippen LogP contribution in [0.2, 0.25) is 5.02 Å². The maximum Gasteiger partial charge on any atom is 0.243 e. The smallest absolute Gasteiger partial charge is 0.243 e. The van der Waals surface area contributed by atoms with Crippen molar-refractivity contribution in [3.63, 3.8) is 0 Å². The Kier molecular flexibility index (Phi) is 4.75. The van der Waals surface area contributed by atoms with Crippen LogP contribution in [-0.4, -0.2) is 41.1 Å². The Morgan fingerprint density at radius 2 is 2.00 bits per heavy atom. The molecule has 2 rings (SSSR count). The topological polar surface area (TPSA) is 66.5 Å². The molecule has 1 aromatic rings. The third-order valence-corrected chi connectivity index (χ3v) is 3.94. The Balaban J connectivity index is 2.22. The largest absolute Gasteiger partial charge is 0.294 e. The minimum atomic E-state index is -0.550. The molecule has 1 N–H and O–H groups in total. The molecule has 21 heavy (non-hydrogen) atoms. The van der Waals surface area contributed by atoms with Crippen LogP contribution >= 0.6 is 11.6 Å². The molecular formula is C15H17ClN2O3. The normalized spacial score (nSPS) is 21.0. The summed E-state index contributed by atoms with van der Waals surface area (Å²) in [6.45, 7) is 3.61. The maximum atomic E-state index is 12.5. The van der Waals surface area contributed by atoms with E-state index in [1.54, 1.807) is 36.1 Å². The van der Waals surface area contributed by atoms with Crippen LogP contribution in [0, 0.1) is 0 Å². The van der Waals surface area contributed by atoms with Crippen LogP contribution in [0.15, 0.2) is 24.3 Å². The van der Waals surface area contributed by atoms with E-state index in [0.29, 0.717) is 17.0 Å². The van der Waals surface area contributed by atoms with E-state index in [1.165, 1.54) is 0 Å². The number of amides is 2. The van der Waals surface area contributed by atoms with Crippen LogP contribution in [0.4, 0.5) is 0 Å². The molecular weight excluding hydrogens is 292 g/mol. The Bertz CT molecular complexity index is 571. The Morgan fingerprint density at radius 1 is 1.38 bits per heavy atom. The Hall–Kier alpha value is -1.72. The predicted octanol–water partition coefficient (Wildman–Crippen LogP) is 1.65. The van der Waals surface area contributed by atoms with Gasteiger partial charge < -0.3 is 0 Å². The second kappa shape index (κ2) is 6.37. The van der Waals surface area contributed by atoms with Crippen molar-refractivity contribution < 1.29 is 14.4 Å². The lowest BCUT2D eigenvalue weighted by atomic mass is 10.00. The number of hydrogen-bond donors (Lipinski definition) is 1. The van der Waals surface area contributed by atoms with Gasteiger partial charge in [0.2, 0.25) is 11.8 Å². The van der Waals surface area contributed by atoms with Gasteiger partial charge in [-0.3, -0.25) is 24.6 Å². The fourth-order valence-corrected chi connectivity index (χ4v) is 2.65. The molecule has 0 spiro atoms. The van der Waals surface area contributed by atoms with Gasteiger partial charge in [-0.2, -0.15) is 0 Å². The lowest BCUT2D eigenvalue weighted by Gasteiger charge is -2.36. The van der Waals surface area contributed by atoms with Gasteiger partial charge in [0.15, 0.2) is 5.78 Å². The first kappa shape index (κ1) is 15.7. The second-order valence-corrected chi connectivity index (χ2v) is 5.49. The van der Waals surface area contributed by atoms with Gasteiger partial charge in [-0.05, 0) is 37.6 Å². The molecule has 2 amide bonds. The number of imide groups is 1. The highest BCUT2D eigenvalue weighted by Crippen LogP contribution is 2.18. The minimum absolute atomic E-state index is 0.0464. The second-order valence-electron chi connectivity index (χ2n) is 5.06. The number of halogens is 1. The minimum Gasteiger partial charge on any atom is -0.294 e. The number of carbonyl (C=O) groups is 3. The summed E-state index contributed by atoms with van der Waals surface area (Å²) in [7, 11) is 0. The highest BCUT2D eigenvalue weighted by molar-refractivity contribution is 6.30. The fraction of sp³-hybridized carbons (Fsp3) is 0.400. The zero-order valence-electron chi connectivity index (χ0n) is 11.9. The number of rotatable bonds is 4. The van der Waals surface area contributed by atoms with Crippen molar-refractivity contribution in [1.29, 1.82) is 0 Å². The standard InChI is InChI=1S/C15H17ClN2O3/c1-3-12-15(21)17-13(19)8-18(12)9(2)14(20)10-4-6-11(16)7-5-10/h4-7,9,12H,3,8H2,1-2H3,(H,17,19,21). The van der Waals surface area contributed by atoms with Crippen LogP contribution in [-0.2, 0) is 9.59 Å². The quantitative estimate of drug-likeness (QED) is 0.678. The van der Waals surface area contributed by atoms with Crippen LogP contribution in [0.3, 0.4) is 0 Å². The van der Waals surface area contributed by atoms with E-state index in [-0.39, 0.29) is 24.1 Å². The Morgan fingerprint density at radius 3 is 2.57 bits per heavy atom. The van der Waals surface area contributed by atoms with Gasteiger partial charge in [0, 0.05) is 10.6 Å². The average Bonchev–Trinajstić information content (AvgIpc) is 2.46. The summed E-state index contributed by atoms with van der Waals surface area (Å²) in [5, 5.41) is 2.86. The molecule has 2 unspecified atom stereocenters. The summed E-state index contributed by atoms with van der Waals surface area (Å²) in [4.78, 5) is 37.6. The third-order valence-electron chi connectivity index (χ3n) is 3.68. The molecule has 5 nitrogen and oxygen atoms in total. The highest BCUT2D eigenvalue weighted by atomic mass is 35.5. The number of Topliss-reactive ketones (excluding diaryl/α,β-unsaturated/α-hetero) is 1. The number of carbonyl (C=O) groups excluding carboxylic acids is 3. The summed E-state index contributed by atoms with van der Waals surface area (Å²) in [6, 6.07) is 5.57. The molecule has 2 atom stereocenters. The van der Waals surface area contributed by atoms with Crippen molar-refractivity contribution in [2.45, 2.75) is 32.4 Å². The molecule has 0 aliphatic carbocycles. The molecule has 0 aromatic heterocycles. The van der Waals surface area contributed by atoms with E-state index < -0.39 is 12.1 Å². The molecule has 1 heterocycles. The van der Waals surface area contributed by atoms with Gasteiger partial charge >= 0.3 is 0 Å². The SMILES string of the molecule is CCC1C(=O)NC(=O)CN1C(C)C(=O)c1ccc(Cl)cc1. The lowest BCUT2D eigenvalue weighted by molar-refractivity contribution is -0.140. The summed E-state index contributed by atoms with van der Waals surface area (Å²) in [5.74, 6) is -0.849. The highest BCUT2D eigenvalue weighted by Gasteiger charge is 2.37. The average molecular weight is 309 g/mol. The van der Waals surface area contributed by atoms with Gasteiger partial charge in [-0.1, -0.05) is 18.5 Å². The van der Waals surface area contributed by atoms with E-state index in [9.17, 15) is 14.4 Å². The van der Waals surface area contributed by atoms with E-state index in [0.717, 1.165) is 0 Å². The molecule has 1 aromatic carbocycles. The number of nitrogens with zero attached hydrogens (tertiary/aromatic N) is 1. The lowest BCUT2D eigenvalue weighted by Crippen LogP contribution is -2.61. The van der Waals surface area contributed by atoms with Gasteiger partial charge in [-0.15, -0.1) is 0 Å². The molecule has 0 saturated carbocycles. The monoisotopic (exact) mass is 308 g/mol. The number of piperazine rings is 1. The third kappa shape index (κ3) is 3.31. The van der Waals surface area contributed by atoms with Gasteiger partial charge in [0.1, 0.15) is 0 Å². The molecule has 1 saturated heterocycles. The van der Waals surface area contributed by atoms with Crippen LogP contribution in [0.5, 0.6) is 0 Å². The molecule has 1 aliphatic heterocycles. The summed E-state index contributed by atoms with van der Waals surface area (Å²) in [5.41, 5.74) is 0.514. The number of benzene rings is 1. The number of hydrogen-bond acceptors (Lipinski definition) is 4. The summed E-state index contributed by atoms with van der Waals surface area (Å²) < 4.78 is 0. The zero-order valence-corrected chi connectivity index (χ0v) is 12.7. The van der Waals surface area contributed by atoms with E-state index in [1.807, 2.05) is 6.92 Å². The molecule has 6 heteroatoms. The first-order valence-corrected chi connectivity index (χ1v) is 7.21. The van der Waals surface area contributed by atoms with Gasteiger partial charge in [0.05, 0.1) is 18.6 Å². The molecule has 1 fully saturated rings. The van der Waals surface area contributed by atoms with Crippen molar-refractivity contribution in [1.82, 2.24) is 10.2 Å². The van der Waals surface area contributed by atoms with Gasteiger partial charge in [-0.25, -0.2) is 0 Å². The van der Waals surface area contributed by atoms with Gasteiger partial charge in [0.25, 0.3) is 0 Å². The zero-order chi connectivity index (χ0) is 15.6. The van der Waals surface area contributed by atoms with Crippen molar-refractivity contribution >= 4 is 29.2 Å². The van der Waals surface area contributed by atoms with Crippen LogP contribution < -0.4 is 5.32 Å². The van der Waals surface area contributed by atoms with Crippen molar-refractivity contribution in [2.75, 3.05) is 6.54 Å². The Labute approximate surface area is 128 Å². The number of ketones is 1. The van der Waals surface area contributed by atoms with Crippen LogP contribution in [0.25, 0.3) is 0 Å². The van der Waals surface area contributed by atoms with Crippen molar-refractivity contribution in [2.24, 2.45) is 0 Å². The molecule has 1 aliphatic rings. The first-order valence-electron chi connectivity index (χ1n) is 6.83. The molecule has 112 valence electrons. The van der Waals surface area contributed by atoms with Crippen LogP contribution in [0.1, 0.15) is 30.6 Å². The summed E-state index contributed by atoms with van der Waals surface area (Å²) >= 11 is 5.81. The number of nitrogens with one attached hydrogen (secondary N) is 1. The maximum absolute atomic E-state index is 12.5. The van der Waals surface area contributed by atoms with Crippen molar-refractivity contribution in [3.05, 3.63) is 34.9 Å².